The number of benzene rings is 1. The minimum absolute atomic E-state index is 0.323. The molecule has 0 bridgehead atoms. The molecule has 0 amide bonds. The molecule has 66 valence electrons. The minimum atomic E-state index is 0.323. The van der Waals surface area contributed by atoms with Gasteiger partial charge in [-0.05, 0) is 24.3 Å². The van der Waals surface area contributed by atoms with Crippen LogP contribution in [0.3, 0.4) is 0 Å². The van der Waals surface area contributed by atoms with E-state index < -0.39 is 0 Å². The van der Waals surface area contributed by atoms with Gasteiger partial charge in [0.25, 0.3) is 0 Å². The van der Waals surface area contributed by atoms with Crippen LogP contribution in [0.1, 0.15) is 0 Å². The molecule has 0 radical (unpaired) electrons. The van der Waals surface area contributed by atoms with Gasteiger partial charge in [-0.15, -0.1) is 0 Å². The number of hydrogen-bond donors (Lipinski definition) is 0. The summed E-state index contributed by atoms with van der Waals surface area (Å²) >= 11 is 0. The van der Waals surface area contributed by atoms with Crippen molar-refractivity contribution in [1.29, 1.82) is 0 Å². The molecule has 1 aromatic heterocycles. The van der Waals surface area contributed by atoms with E-state index in [0.717, 1.165) is 5.75 Å². The Bertz CT molecular complexity index is 344. The van der Waals surface area contributed by atoms with Crippen LogP contribution in [0, 0.1) is 0 Å². The predicted octanol–water partition coefficient (Wildman–Crippen LogP) is 2.92. The summed E-state index contributed by atoms with van der Waals surface area (Å²) in [6.45, 7) is 0. The summed E-state index contributed by atoms with van der Waals surface area (Å²) < 4.78 is 7.55. The molecule has 0 fully saturated rings. The van der Waals surface area contributed by atoms with Gasteiger partial charge in [-0.25, -0.2) is 0 Å². The Morgan fingerprint density at radius 1 is 0.923 bits per heavy atom. The highest BCUT2D eigenvalue weighted by Gasteiger charge is 1.91. The van der Waals surface area contributed by atoms with Crippen molar-refractivity contribution in [3.05, 3.63) is 54.9 Å². The summed E-state index contributed by atoms with van der Waals surface area (Å²) in [4.78, 5) is 0. The summed E-state index contributed by atoms with van der Waals surface area (Å²) in [6.07, 6.45) is 3.97. The number of para-hydroxylation sites is 1. The molecule has 0 aliphatic carbocycles. The van der Waals surface area contributed by atoms with E-state index in [2.05, 4.69) is 0 Å². The smallest absolute Gasteiger partial charge is 0.181 e. The second-order valence-electron chi connectivity index (χ2n) is 2.60. The molecular weight excluding hydrogens is 181 g/mol. The van der Waals surface area contributed by atoms with Gasteiger partial charge in [-0.2, -0.15) is 0 Å². The van der Waals surface area contributed by atoms with Crippen molar-refractivity contribution in [2.45, 2.75) is 0 Å². The molecule has 0 aliphatic heterocycles. The zero-order chi connectivity index (χ0) is 8.93. The third kappa shape index (κ3) is 2.33. The van der Waals surface area contributed by atoms with E-state index in [1.54, 1.807) is 0 Å². The number of aromatic nitrogens is 1. The van der Waals surface area contributed by atoms with Gasteiger partial charge in [0.05, 0.1) is 0 Å². The average molecular weight is 191 g/mol. The zero-order valence-electron chi connectivity index (χ0n) is 7.05. The first-order valence-corrected chi connectivity index (χ1v) is 4.91. The Morgan fingerprint density at radius 3 is 2.31 bits per heavy atom. The van der Waals surface area contributed by atoms with Crippen molar-refractivity contribution < 1.29 is 4.52 Å². The van der Waals surface area contributed by atoms with Crippen molar-refractivity contribution in [2.75, 3.05) is 0 Å². The van der Waals surface area contributed by atoms with Crippen molar-refractivity contribution in [1.82, 2.24) is 4.34 Å². The molecule has 1 aromatic carbocycles. The Hall–Kier alpha value is -1.27. The molecule has 2 rings (SSSR count). The maximum atomic E-state index is 5.54. The maximum Gasteiger partial charge on any atom is 0.181 e. The third-order valence-electron chi connectivity index (χ3n) is 1.62. The second-order valence-corrected chi connectivity index (χ2v) is 3.50. The fraction of sp³-hybridized carbons (Fsp3) is 0. The van der Waals surface area contributed by atoms with Gasteiger partial charge >= 0.3 is 0 Å². The van der Waals surface area contributed by atoms with Crippen LogP contribution < -0.4 is 4.52 Å². The van der Waals surface area contributed by atoms with Crippen LogP contribution in [0.5, 0.6) is 5.75 Å². The molecular formula is C10H10NOP. The van der Waals surface area contributed by atoms with Gasteiger partial charge in [0, 0.05) is 12.4 Å². The predicted molar refractivity (Wildman–Crippen MR) is 55.2 cm³/mol. The first-order valence-electron chi connectivity index (χ1n) is 4.06. The fourth-order valence-electron chi connectivity index (χ4n) is 0.989. The Balaban J connectivity index is 1.94. The van der Waals surface area contributed by atoms with Crippen LogP contribution in [0.15, 0.2) is 54.9 Å². The highest BCUT2D eigenvalue weighted by molar-refractivity contribution is 7.30. The molecule has 0 spiro atoms. The van der Waals surface area contributed by atoms with Crippen LogP contribution in [0.25, 0.3) is 0 Å². The van der Waals surface area contributed by atoms with Gasteiger partial charge in [-0.1, -0.05) is 18.2 Å². The van der Waals surface area contributed by atoms with Crippen LogP contribution in [0.2, 0.25) is 0 Å². The lowest BCUT2D eigenvalue weighted by atomic mass is 10.3. The summed E-state index contributed by atoms with van der Waals surface area (Å²) in [6, 6.07) is 13.8. The normalized spacial score (nSPS) is 10.8. The first-order chi connectivity index (χ1) is 6.45. The summed E-state index contributed by atoms with van der Waals surface area (Å²) in [5, 5.41) is 0. The lowest BCUT2D eigenvalue weighted by Crippen LogP contribution is -1.83. The maximum absolute atomic E-state index is 5.54. The summed E-state index contributed by atoms with van der Waals surface area (Å²) in [7, 11) is 0.323. The first kappa shape index (κ1) is 8.33. The highest BCUT2D eigenvalue weighted by Crippen LogP contribution is 2.21. The SMILES string of the molecule is c1ccc(OPn2cccc2)cc1. The van der Waals surface area contributed by atoms with Gasteiger partial charge in [0.15, 0.2) is 8.96 Å². The summed E-state index contributed by atoms with van der Waals surface area (Å²) in [5.41, 5.74) is 0. The van der Waals surface area contributed by atoms with Gasteiger partial charge in [0.2, 0.25) is 0 Å². The van der Waals surface area contributed by atoms with Crippen LogP contribution >= 0.6 is 8.96 Å². The fourth-order valence-corrected chi connectivity index (χ4v) is 1.63. The molecule has 1 heterocycles. The standard InChI is InChI=1S/C10H10NOP/c1-2-6-10(7-3-1)12-13-11-8-4-5-9-11/h1-9,13H. The van der Waals surface area contributed by atoms with Crippen molar-refractivity contribution in [2.24, 2.45) is 0 Å². The van der Waals surface area contributed by atoms with E-state index in [1.807, 2.05) is 59.2 Å². The molecule has 0 aliphatic rings. The quantitative estimate of drug-likeness (QED) is 0.680. The molecule has 3 heteroatoms. The molecule has 0 saturated heterocycles. The van der Waals surface area contributed by atoms with E-state index in [4.69, 9.17) is 4.52 Å². The number of nitrogens with zero attached hydrogens (tertiary/aromatic N) is 1. The molecule has 0 saturated carbocycles. The monoisotopic (exact) mass is 191 g/mol. The third-order valence-corrected chi connectivity index (χ3v) is 2.45. The van der Waals surface area contributed by atoms with E-state index in [0.29, 0.717) is 8.96 Å². The molecule has 1 unspecified atom stereocenters. The minimum Gasteiger partial charge on any atom is -0.455 e. The largest absolute Gasteiger partial charge is 0.455 e. The molecule has 2 nitrogen and oxygen atoms in total. The second kappa shape index (κ2) is 4.11. The van der Waals surface area contributed by atoms with Crippen LogP contribution in [0.4, 0.5) is 0 Å². The Labute approximate surface area is 79.1 Å². The Morgan fingerprint density at radius 2 is 1.62 bits per heavy atom. The van der Waals surface area contributed by atoms with E-state index in [9.17, 15) is 0 Å². The van der Waals surface area contributed by atoms with Crippen LogP contribution in [-0.4, -0.2) is 4.34 Å². The van der Waals surface area contributed by atoms with Gasteiger partial charge in [0.1, 0.15) is 5.75 Å². The number of rotatable bonds is 3. The van der Waals surface area contributed by atoms with E-state index >= 15 is 0 Å². The highest BCUT2D eigenvalue weighted by atomic mass is 31.1. The van der Waals surface area contributed by atoms with Gasteiger partial charge < -0.3 is 8.86 Å². The molecule has 1 atom stereocenters. The molecule has 2 aromatic rings. The van der Waals surface area contributed by atoms with Gasteiger partial charge in [-0.3, -0.25) is 0 Å². The topological polar surface area (TPSA) is 14.2 Å². The average Bonchev–Trinajstić information content (AvgIpc) is 2.69. The lowest BCUT2D eigenvalue weighted by Gasteiger charge is -2.04. The molecule has 0 N–H and O–H groups in total. The number of hydrogen-bond acceptors (Lipinski definition) is 1. The lowest BCUT2D eigenvalue weighted by molar-refractivity contribution is 0.623. The van der Waals surface area contributed by atoms with Crippen LogP contribution in [-0.2, 0) is 0 Å². The van der Waals surface area contributed by atoms with E-state index in [1.165, 1.54) is 0 Å². The Kier molecular flexibility index (Phi) is 2.63. The van der Waals surface area contributed by atoms with Crippen molar-refractivity contribution >= 4 is 8.96 Å². The van der Waals surface area contributed by atoms with Crippen molar-refractivity contribution in [3.8, 4) is 5.75 Å². The van der Waals surface area contributed by atoms with E-state index in [-0.39, 0.29) is 0 Å². The summed E-state index contributed by atoms with van der Waals surface area (Å²) in [5.74, 6) is 0.912. The molecule has 13 heavy (non-hydrogen) atoms. The van der Waals surface area contributed by atoms with Crippen molar-refractivity contribution in [3.63, 3.8) is 0 Å². The zero-order valence-corrected chi connectivity index (χ0v) is 8.05.